The third-order valence-electron chi connectivity index (χ3n) is 3.62. The highest BCUT2D eigenvalue weighted by Crippen LogP contribution is 2.25. The minimum Gasteiger partial charge on any atom is -0.334 e. The molecule has 9 heteroatoms. The molecule has 3 aromatic rings. The summed E-state index contributed by atoms with van der Waals surface area (Å²) in [5.74, 6) is 0.942. The van der Waals surface area contributed by atoms with Gasteiger partial charge in [-0.25, -0.2) is 4.98 Å². The van der Waals surface area contributed by atoms with Crippen molar-refractivity contribution in [1.82, 2.24) is 30.2 Å². The molecule has 0 aromatic carbocycles. The fourth-order valence-corrected chi connectivity index (χ4v) is 2.38. The maximum atomic E-state index is 12.1. The van der Waals surface area contributed by atoms with Crippen LogP contribution in [0.1, 0.15) is 18.4 Å². The molecule has 1 unspecified atom stereocenters. The predicted molar refractivity (Wildman–Crippen MR) is 88.8 cm³/mol. The third kappa shape index (κ3) is 3.13. The van der Waals surface area contributed by atoms with Crippen LogP contribution in [-0.4, -0.2) is 38.0 Å². The van der Waals surface area contributed by atoms with Crippen molar-refractivity contribution in [2.24, 2.45) is 7.05 Å². The summed E-state index contributed by atoms with van der Waals surface area (Å²) in [6, 6.07) is 2.03. The Kier molecular flexibility index (Phi) is 4.86. The molecule has 0 spiro atoms. The number of aromatic amines is 1. The number of likely N-dealkylation sites (N-methyl/N-ethyl adjacent to an activating group) is 1. The SMILES string of the molecule is CNC(C)Cc1noc(-c2cc(C)nc3c2c(=O)[nH]n3C)n1.Cl. The second-order valence-electron chi connectivity index (χ2n) is 5.42. The Morgan fingerprint density at radius 2 is 2.17 bits per heavy atom. The topological polar surface area (TPSA) is 102 Å². The molecule has 0 saturated carbocycles. The lowest BCUT2D eigenvalue weighted by Gasteiger charge is -2.04. The van der Waals surface area contributed by atoms with Crippen molar-refractivity contribution in [3.8, 4) is 11.5 Å². The van der Waals surface area contributed by atoms with Gasteiger partial charge in [-0.1, -0.05) is 5.16 Å². The molecule has 1 atom stereocenters. The molecule has 0 saturated heterocycles. The molecule has 2 N–H and O–H groups in total. The lowest BCUT2D eigenvalue weighted by Crippen LogP contribution is -2.24. The fourth-order valence-electron chi connectivity index (χ4n) is 2.38. The van der Waals surface area contributed by atoms with Gasteiger partial charge in [0, 0.05) is 25.2 Å². The number of nitrogens with zero attached hydrogens (tertiary/aromatic N) is 4. The van der Waals surface area contributed by atoms with Crippen LogP contribution in [0.15, 0.2) is 15.4 Å². The van der Waals surface area contributed by atoms with E-state index in [9.17, 15) is 4.79 Å². The van der Waals surface area contributed by atoms with Crippen LogP contribution >= 0.6 is 12.4 Å². The first-order valence-electron chi connectivity index (χ1n) is 7.06. The van der Waals surface area contributed by atoms with Crippen molar-refractivity contribution in [3.05, 3.63) is 27.9 Å². The highest BCUT2D eigenvalue weighted by molar-refractivity contribution is 5.90. The van der Waals surface area contributed by atoms with Gasteiger partial charge in [0.25, 0.3) is 11.4 Å². The molecule has 3 aromatic heterocycles. The molecule has 0 radical (unpaired) electrons. The quantitative estimate of drug-likeness (QED) is 0.741. The van der Waals surface area contributed by atoms with Crippen LogP contribution in [-0.2, 0) is 13.5 Å². The Balaban J connectivity index is 0.00000192. The van der Waals surface area contributed by atoms with Crippen molar-refractivity contribution in [1.29, 1.82) is 0 Å². The molecule has 0 fully saturated rings. The molecule has 0 amide bonds. The van der Waals surface area contributed by atoms with Crippen molar-refractivity contribution in [2.75, 3.05) is 7.05 Å². The summed E-state index contributed by atoms with van der Waals surface area (Å²) in [6.45, 7) is 3.90. The van der Waals surface area contributed by atoms with Gasteiger partial charge in [-0.15, -0.1) is 12.4 Å². The number of aryl methyl sites for hydroxylation is 2. The van der Waals surface area contributed by atoms with E-state index in [4.69, 9.17) is 4.52 Å². The summed E-state index contributed by atoms with van der Waals surface area (Å²) >= 11 is 0. The molecule has 0 aliphatic heterocycles. The van der Waals surface area contributed by atoms with E-state index in [0.29, 0.717) is 34.7 Å². The largest absolute Gasteiger partial charge is 0.334 e. The number of hydrogen-bond acceptors (Lipinski definition) is 6. The molecule has 8 nitrogen and oxygen atoms in total. The van der Waals surface area contributed by atoms with E-state index in [1.807, 2.05) is 20.9 Å². The molecule has 0 aliphatic carbocycles. The molecular formula is C14H19ClN6O2. The van der Waals surface area contributed by atoms with E-state index >= 15 is 0 Å². The summed E-state index contributed by atoms with van der Waals surface area (Å²) < 4.78 is 6.94. The normalized spacial score (nSPS) is 12.3. The van der Waals surface area contributed by atoms with Gasteiger partial charge in [0.2, 0.25) is 0 Å². The number of fused-ring (bicyclic) bond motifs is 1. The Labute approximate surface area is 138 Å². The van der Waals surface area contributed by atoms with Gasteiger partial charge in [0.15, 0.2) is 11.5 Å². The van der Waals surface area contributed by atoms with Crippen molar-refractivity contribution in [2.45, 2.75) is 26.3 Å². The Morgan fingerprint density at radius 1 is 1.43 bits per heavy atom. The van der Waals surface area contributed by atoms with Crippen LogP contribution < -0.4 is 10.9 Å². The lowest BCUT2D eigenvalue weighted by molar-refractivity contribution is 0.418. The van der Waals surface area contributed by atoms with E-state index in [2.05, 4.69) is 25.5 Å². The van der Waals surface area contributed by atoms with Gasteiger partial charge < -0.3 is 9.84 Å². The van der Waals surface area contributed by atoms with E-state index in [1.165, 1.54) is 0 Å². The minimum atomic E-state index is -0.219. The Hall–Kier alpha value is -2.19. The molecular weight excluding hydrogens is 320 g/mol. The fraction of sp³-hybridized carbons (Fsp3) is 0.429. The number of hydrogen-bond donors (Lipinski definition) is 2. The number of aromatic nitrogens is 5. The van der Waals surface area contributed by atoms with Crippen molar-refractivity contribution < 1.29 is 4.52 Å². The van der Waals surface area contributed by atoms with Crippen LogP contribution in [0.3, 0.4) is 0 Å². The zero-order chi connectivity index (χ0) is 15.9. The zero-order valence-corrected chi connectivity index (χ0v) is 14.2. The summed E-state index contributed by atoms with van der Waals surface area (Å²) in [5.41, 5.74) is 1.74. The summed E-state index contributed by atoms with van der Waals surface area (Å²) in [5, 5.41) is 10.3. The highest BCUT2D eigenvalue weighted by Gasteiger charge is 2.19. The van der Waals surface area contributed by atoms with Gasteiger partial charge in [-0.3, -0.25) is 14.6 Å². The average molecular weight is 339 g/mol. The van der Waals surface area contributed by atoms with Gasteiger partial charge in [0.1, 0.15) is 0 Å². The summed E-state index contributed by atoms with van der Waals surface area (Å²) in [7, 11) is 3.62. The van der Waals surface area contributed by atoms with Crippen LogP contribution in [0.5, 0.6) is 0 Å². The van der Waals surface area contributed by atoms with Crippen LogP contribution in [0.2, 0.25) is 0 Å². The van der Waals surface area contributed by atoms with E-state index < -0.39 is 0 Å². The maximum Gasteiger partial charge on any atom is 0.274 e. The molecule has 0 aliphatic rings. The van der Waals surface area contributed by atoms with Crippen LogP contribution in [0, 0.1) is 6.92 Å². The number of rotatable bonds is 4. The summed E-state index contributed by atoms with van der Waals surface area (Å²) in [4.78, 5) is 20.9. The van der Waals surface area contributed by atoms with E-state index in [1.54, 1.807) is 17.8 Å². The van der Waals surface area contributed by atoms with Crippen LogP contribution in [0.25, 0.3) is 22.5 Å². The average Bonchev–Trinajstić information content (AvgIpc) is 3.04. The standard InChI is InChI=1S/C14H18N6O2.ClH/c1-7(15-3)6-10-17-14(22-19-10)9-5-8(2)16-12-11(9)13(21)18-20(12)4;/h5,7,15H,6H2,1-4H3,(H,18,21);1H. The van der Waals surface area contributed by atoms with Crippen molar-refractivity contribution in [3.63, 3.8) is 0 Å². The smallest absolute Gasteiger partial charge is 0.274 e. The van der Waals surface area contributed by atoms with Gasteiger partial charge >= 0.3 is 0 Å². The first-order valence-corrected chi connectivity index (χ1v) is 7.06. The zero-order valence-electron chi connectivity index (χ0n) is 13.4. The first kappa shape index (κ1) is 17.2. The highest BCUT2D eigenvalue weighted by atomic mass is 35.5. The Morgan fingerprint density at radius 3 is 2.87 bits per heavy atom. The molecule has 0 bridgehead atoms. The molecule has 23 heavy (non-hydrogen) atoms. The second kappa shape index (κ2) is 6.51. The van der Waals surface area contributed by atoms with Gasteiger partial charge in [-0.05, 0) is 27.0 Å². The maximum absolute atomic E-state index is 12.1. The third-order valence-corrected chi connectivity index (χ3v) is 3.62. The second-order valence-corrected chi connectivity index (χ2v) is 5.42. The number of H-pyrrole nitrogens is 1. The molecule has 3 rings (SSSR count). The number of nitrogens with one attached hydrogen (secondary N) is 2. The Bertz CT molecular complexity index is 881. The molecule has 3 heterocycles. The summed E-state index contributed by atoms with van der Waals surface area (Å²) in [6.07, 6.45) is 0.651. The van der Waals surface area contributed by atoms with Crippen LogP contribution in [0.4, 0.5) is 0 Å². The molecule has 124 valence electrons. The first-order chi connectivity index (χ1) is 10.5. The number of halogens is 1. The monoisotopic (exact) mass is 338 g/mol. The van der Waals surface area contributed by atoms with Crippen molar-refractivity contribution >= 4 is 23.4 Å². The van der Waals surface area contributed by atoms with E-state index in [0.717, 1.165) is 5.69 Å². The lowest BCUT2D eigenvalue weighted by atomic mass is 10.1. The predicted octanol–water partition coefficient (Wildman–Crippen LogP) is 1.19. The van der Waals surface area contributed by atoms with E-state index in [-0.39, 0.29) is 24.0 Å². The number of pyridine rings is 1. The minimum absolute atomic E-state index is 0. The van der Waals surface area contributed by atoms with Gasteiger partial charge in [-0.2, -0.15) is 4.98 Å². The van der Waals surface area contributed by atoms with Gasteiger partial charge in [0.05, 0.1) is 10.9 Å².